The zero-order valence-electron chi connectivity index (χ0n) is 11.3. The summed E-state index contributed by atoms with van der Waals surface area (Å²) >= 11 is 7.60. The highest BCUT2D eigenvalue weighted by Crippen LogP contribution is 2.25. The Morgan fingerprint density at radius 3 is 2.76 bits per heavy atom. The Bertz CT molecular complexity index is 789. The van der Waals surface area contributed by atoms with Gasteiger partial charge in [-0.15, -0.1) is 11.3 Å². The minimum absolute atomic E-state index is 0.0941. The number of rotatable bonds is 3. The normalized spacial score (nSPS) is 10.8. The van der Waals surface area contributed by atoms with Crippen LogP contribution in [0.15, 0.2) is 41.4 Å². The Hall–Kier alpha value is -1.98. The Kier molecular flexibility index (Phi) is 3.86. The molecule has 21 heavy (non-hydrogen) atoms. The summed E-state index contributed by atoms with van der Waals surface area (Å²) in [6.45, 7) is 0.472. The Morgan fingerprint density at radius 1 is 1.29 bits per heavy atom. The minimum atomic E-state index is -0.0941. The smallest absolute Gasteiger partial charge is 0.256 e. The van der Waals surface area contributed by atoms with E-state index in [-0.39, 0.29) is 5.91 Å². The first kappa shape index (κ1) is 14.0. The summed E-state index contributed by atoms with van der Waals surface area (Å²) in [6.07, 6.45) is 1.53. The molecule has 0 unspecified atom stereocenters. The third kappa shape index (κ3) is 2.75. The number of carbonyl (C=O) groups is 1. The highest BCUT2D eigenvalue weighted by atomic mass is 35.5. The number of nitrogens with zero attached hydrogens (tertiary/aromatic N) is 3. The van der Waals surface area contributed by atoms with Crippen LogP contribution in [-0.4, -0.2) is 27.8 Å². The van der Waals surface area contributed by atoms with Gasteiger partial charge in [-0.05, 0) is 5.39 Å². The van der Waals surface area contributed by atoms with Gasteiger partial charge in [0.05, 0.1) is 23.3 Å². The first-order valence-corrected chi connectivity index (χ1v) is 7.64. The van der Waals surface area contributed by atoms with Gasteiger partial charge in [-0.3, -0.25) is 4.79 Å². The van der Waals surface area contributed by atoms with Gasteiger partial charge in [0.25, 0.3) is 5.91 Å². The zero-order valence-corrected chi connectivity index (χ0v) is 12.9. The molecule has 0 aliphatic carbocycles. The Balaban J connectivity index is 1.96. The van der Waals surface area contributed by atoms with Crippen molar-refractivity contribution in [3.05, 3.63) is 57.8 Å². The lowest BCUT2D eigenvalue weighted by molar-refractivity contribution is 0.0785. The summed E-state index contributed by atoms with van der Waals surface area (Å²) in [4.78, 5) is 22.6. The van der Waals surface area contributed by atoms with E-state index in [0.717, 1.165) is 16.5 Å². The standard InChI is InChI=1S/C15H12ClN3OS/c1-19(7-10-8-21-9-18-10)15(20)13-6-17-14(16)12-5-3-2-4-11(12)13/h2-6,8-9H,7H2,1H3. The number of aromatic nitrogens is 2. The number of halogens is 1. The molecule has 0 atom stereocenters. The molecule has 3 aromatic rings. The molecule has 106 valence electrons. The molecule has 0 radical (unpaired) electrons. The molecule has 0 aliphatic heterocycles. The van der Waals surface area contributed by atoms with Crippen LogP contribution < -0.4 is 0 Å². The van der Waals surface area contributed by atoms with E-state index >= 15 is 0 Å². The molecule has 0 spiro atoms. The van der Waals surface area contributed by atoms with Gasteiger partial charge in [0.15, 0.2) is 0 Å². The summed E-state index contributed by atoms with van der Waals surface area (Å²) in [5, 5.41) is 3.94. The van der Waals surface area contributed by atoms with E-state index in [9.17, 15) is 4.79 Å². The second kappa shape index (κ2) is 5.79. The van der Waals surface area contributed by atoms with E-state index in [4.69, 9.17) is 11.6 Å². The van der Waals surface area contributed by atoms with Crippen LogP contribution in [0.4, 0.5) is 0 Å². The molecule has 6 heteroatoms. The van der Waals surface area contributed by atoms with Crippen LogP contribution in [0.5, 0.6) is 0 Å². The maximum atomic E-state index is 12.6. The molecule has 0 saturated carbocycles. The van der Waals surface area contributed by atoms with E-state index in [1.165, 1.54) is 17.5 Å². The molecule has 2 aromatic heterocycles. The molecular weight excluding hydrogens is 306 g/mol. The van der Waals surface area contributed by atoms with Crippen molar-refractivity contribution >= 4 is 39.6 Å². The van der Waals surface area contributed by atoms with Crippen molar-refractivity contribution in [3.8, 4) is 0 Å². The highest BCUT2D eigenvalue weighted by Gasteiger charge is 2.17. The number of hydrogen-bond acceptors (Lipinski definition) is 4. The van der Waals surface area contributed by atoms with Crippen LogP contribution in [0.3, 0.4) is 0 Å². The number of benzene rings is 1. The fourth-order valence-corrected chi connectivity index (χ4v) is 2.93. The van der Waals surface area contributed by atoms with Crippen LogP contribution >= 0.6 is 22.9 Å². The van der Waals surface area contributed by atoms with Gasteiger partial charge in [-0.2, -0.15) is 0 Å². The third-order valence-corrected chi connectivity index (χ3v) is 4.14. The number of carbonyl (C=O) groups excluding carboxylic acids is 1. The van der Waals surface area contributed by atoms with E-state index in [2.05, 4.69) is 9.97 Å². The lowest BCUT2D eigenvalue weighted by atomic mass is 10.1. The van der Waals surface area contributed by atoms with Crippen LogP contribution in [0.2, 0.25) is 5.15 Å². The Morgan fingerprint density at radius 2 is 2.05 bits per heavy atom. The number of amides is 1. The third-order valence-electron chi connectivity index (χ3n) is 3.21. The SMILES string of the molecule is CN(Cc1cscn1)C(=O)c1cnc(Cl)c2ccccc12. The quantitative estimate of drug-likeness (QED) is 0.693. The zero-order chi connectivity index (χ0) is 14.8. The molecule has 1 aromatic carbocycles. The first-order chi connectivity index (χ1) is 10.2. The molecule has 0 saturated heterocycles. The van der Waals surface area contributed by atoms with Crippen LogP contribution in [0.25, 0.3) is 10.8 Å². The summed E-state index contributed by atoms with van der Waals surface area (Å²) in [7, 11) is 1.76. The summed E-state index contributed by atoms with van der Waals surface area (Å²) in [5.41, 5.74) is 3.18. The molecule has 0 bridgehead atoms. The average Bonchev–Trinajstić information content (AvgIpc) is 3.00. The van der Waals surface area contributed by atoms with Crippen molar-refractivity contribution < 1.29 is 4.79 Å². The molecule has 0 N–H and O–H groups in total. The van der Waals surface area contributed by atoms with E-state index in [1.54, 1.807) is 17.5 Å². The predicted molar refractivity (Wildman–Crippen MR) is 84.7 cm³/mol. The molecular formula is C15H12ClN3OS. The molecule has 0 aliphatic rings. The van der Waals surface area contributed by atoms with Gasteiger partial charge < -0.3 is 4.90 Å². The van der Waals surface area contributed by atoms with Gasteiger partial charge in [0, 0.05) is 24.0 Å². The average molecular weight is 318 g/mol. The second-order valence-electron chi connectivity index (χ2n) is 4.65. The van der Waals surface area contributed by atoms with Crippen molar-refractivity contribution in [1.82, 2.24) is 14.9 Å². The van der Waals surface area contributed by atoms with Crippen molar-refractivity contribution in [2.24, 2.45) is 0 Å². The van der Waals surface area contributed by atoms with Crippen molar-refractivity contribution in [3.63, 3.8) is 0 Å². The van der Waals surface area contributed by atoms with Gasteiger partial charge in [0.1, 0.15) is 5.15 Å². The van der Waals surface area contributed by atoms with E-state index in [0.29, 0.717) is 17.3 Å². The number of pyridine rings is 1. The monoisotopic (exact) mass is 317 g/mol. The summed E-state index contributed by atoms with van der Waals surface area (Å²) < 4.78 is 0. The van der Waals surface area contributed by atoms with Crippen LogP contribution in [0, 0.1) is 0 Å². The molecule has 2 heterocycles. The van der Waals surface area contributed by atoms with Gasteiger partial charge >= 0.3 is 0 Å². The molecule has 0 fully saturated rings. The number of fused-ring (bicyclic) bond motifs is 1. The topological polar surface area (TPSA) is 46.1 Å². The van der Waals surface area contributed by atoms with Crippen molar-refractivity contribution in [2.45, 2.75) is 6.54 Å². The maximum absolute atomic E-state index is 12.6. The number of hydrogen-bond donors (Lipinski definition) is 0. The van der Waals surface area contributed by atoms with Gasteiger partial charge in [0.2, 0.25) is 0 Å². The van der Waals surface area contributed by atoms with Crippen molar-refractivity contribution in [1.29, 1.82) is 0 Å². The molecule has 3 rings (SSSR count). The first-order valence-electron chi connectivity index (χ1n) is 6.32. The number of thiazole rings is 1. The van der Waals surface area contributed by atoms with Crippen molar-refractivity contribution in [2.75, 3.05) is 7.05 Å². The van der Waals surface area contributed by atoms with E-state index < -0.39 is 0 Å². The Labute approximate surface area is 131 Å². The fraction of sp³-hybridized carbons (Fsp3) is 0.133. The van der Waals surface area contributed by atoms with E-state index in [1.807, 2.05) is 29.6 Å². The lowest BCUT2D eigenvalue weighted by Gasteiger charge is -2.17. The molecule has 4 nitrogen and oxygen atoms in total. The highest BCUT2D eigenvalue weighted by molar-refractivity contribution is 7.07. The lowest BCUT2D eigenvalue weighted by Crippen LogP contribution is -2.26. The van der Waals surface area contributed by atoms with Crippen LogP contribution in [0.1, 0.15) is 16.1 Å². The largest absolute Gasteiger partial charge is 0.336 e. The summed E-state index contributed by atoms with van der Waals surface area (Å²) in [5.74, 6) is -0.0941. The second-order valence-corrected chi connectivity index (χ2v) is 5.73. The van der Waals surface area contributed by atoms with Gasteiger partial charge in [-0.1, -0.05) is 35.9 Å². The predicted octanol–water partition coefficient (Wildman–Crippen LogP) is 3.62. The fourth-order valence-electron chi connectivity index (χ4n) is 2.16. The summed E-state index contributed by atoms with van der Waals surface area (Å²) in [6, 6.07) is 7.51. The molecule has 1 amide bonds. The minimum Gasteiger partial charge on any atom is -0.336 e. The van der Waals surface area contributed by atoms with Crippen LogP contribution in [-0.2, 0) is 6.54 Å². The van der Waals surface area contributed by atoms with Gasteiger partial charge in [-0.25, -0.2) is 9.97 Å². The maximum Gasteiger partial charge on any atom is 0.256 e.